The molecular formula is C30H22N4O4. The molecule has 2 fully saturated rings. The molecule has 4 aromatic rings. The lowest BCUT2D eigenvalue weighted by Crippen LogP contribution is -2.39. The Morgan fingerprint density at radius 2 is 0.868 bits per heavy atom. The van der Waals surface area contributed by atoms with E-state index in [0.29, 0.717) is 33.8 Å². The highest BCUT2D eigenvalue weighted by Crippen LogP contribution is 2.47. The maximum absolute atomic E-state index is 14.0. The molecule has 38 heavy (non-hydrogen) atoms. The van der Waals surface area contributed by atoms with Crippen LogP contribution in [-0.2, 0) is 32.0 Å². The summed E-state index contributed by atoms with van der Waals surface area (Å²) >= 11 is 0. The minimum absolute atomic E-state index is 0.168. The van der Waals surface area contributed by atoms with E-state index in [1.807, 2.05) is 36.4 Å². The molecule has 8 heteroatoms. The third-order valence-electron chi connectivity index (χ3n) is 7.92. The van der Waals surface area contributed by atoms with Crippen LogP contribution in [0, 0.1) is 23.7 Å². The van der Waals surface area contributed by atoms with Gasteiger partial charge >= 0.3 is 0 Å². The number of carbonyl (C=O) groups is 4. The molecule has 0 unspecified atom stereocenters. The van der Waals surface area contributed by atoms with Crippen molar-refractivity contribution >= 4 is 46.0 Å². The Morgan fingerprint density at radius 3 is 1.26 bits per heavy atom. The quantitative estimate of drug-likeness (QED) is 0.390. The zero-order valence-electron chi connectivity index (χ0n) is 20.2. The van der Waals surface area contributed by atoms with E-state index in [-0.39, 0.29) is 24.7 Å². The minimum atomic E-state index is -0.973. The average Bonchev–Trinajstić information content (AvgIpc) is 3.30. The first-order valence-electron chi connectivity index (χ1n) is 12.6. The lowest BCUT2D eigenvalue weighted by atomic mass is 9.72. The summed E-state index contributed by atoms with van der Waals surface area (Å²) in [5.41, 5.74) is 3.44. The number of imide groups is 2. The van der Waals surface area contributed by atoms with Crippen LogP contribution in [0.2, 0.25) is 0 Å². The molecule has 1 aliphatic carbocycles. The van der Waals surface area contributed by atoms with Crippen LogP contribution >= 0.6 is 0 Å². The van der Waals surface area contributed by atoms with Gasteiger partial charge in [0.25, 0.3) is 0 Å². The van der Waals surface area contributed by atoms with Gasteiger partial charge in [-0.3, -0.25) is 29.0 Å². The highest BCUT2D eigenvalue weighted by molar-refractivity contribution is 6.27. The van der Waals surface area contributed by atoms with Gasteiger partial charge in [-0.2, -0.15) is 0 Å². The van der Waals surface area contributed by atoms with Gasteiger partial charge in [0.2, 0.25) is 23.6 Å². The van der Waals surface area contributed by atoms with Gasteiger partial charge < -0.3 is 0 Å². The second-order valence-electron chi connectivity index (χ2n) is 9.97. The molecule has 3 heterocycles. The Hall–Kier alpha value is -4.72. The molecule has 0 N–H and O–H groups in total. The van der Waals surface area contributed by atoms with Gasteiger partial charge in [-0.1, -0.05) is 48.5 Å². The maximum atomic E-state index is 14.0. The third-order valence-corrected chi connectivity index (χ3v) is 7.92. The summed E-state index contributed by atoms with van der Waals surface area (Å²) in [6.45, 7) is 0. The van der Waals surface area contributed by atoms with E-state index in [1.54, 1.807) is 48.5 Å². The Balaban J connectivity index is 1.42. The van der Waals surface area contributed by atoms with E-state index < -0.39 is 35.5 Å². The number of rotatable bonds is 2. The molecule has 4 atom stereocenters. The number of aromatic nitrogens is 2. The number of hydrogen-bond donors (Lipinski definition) is 0. The molecule has 186 valence electrons. The van der Waals surface area contributed by atoms with Crippen LogP contribution in [0.3, 0.4) is 0 Å². The second-order valence-corrected chi connectivity index (χ2v) is 9.97. The van der Waals surface area contributed by atoms with Crippen molar-refractivity contribution in [1.29, 1.82) is 0 Å². The smallest absolute Gasteiger partial charge is 0.238 e. The standard InChI is InChI=1S/C30H22N4O4/c35-27-19-15-23-24(32-22-14-8-7-13-21(22)31-23)16-20-26(25(19)29(37)33(27)17-9-3-1-4-10-17)30(38)34(28(20)36)18-11-5-2-6-12-18/h1-14,19-20,25-26H,15-16H2/t19-,20+,25-,26+. The Morgan fingerprint density at radius 1 is 0.500 bits per heavy atom. The highest BCUT2D eigenvalue weighted by atomic mass is 16.2. The summed E-state index contributed by atoms with van der Waals surface area (Å²) < 4.78 is 0. The molecule has 2 aliphatic heterocycles. The van der Waals surface area contributed by atoms with Crippen LogP contribution in [0.4, 0.5) is 11.4 Å². The zero-order chi connectivity index (χ0) is 26.0. The molecule has 3 aliphatic rings. The summed E-state index contributed by atoms with van der Waals surface area (Å²) in [5, 5.41) is 0. The Labute approximate surface area is 217 Å². The predicted octanol–water partition coefficient (Wildman–Crippen LogP) is 3.34. The first-order valence-corrected chi connectivity index (χ1v) is 12.6. The lowest BCUT2D eigenvalue weighted by molar-refractivity contribution is -0.131. The van der Waals surface area contributed by atoms with Crippen LogP contribution in [0.1, 0.15) is 11.4 Å². The van der Waals surface area contributed by atoms with Gasteiger partial charge in [-0.05, 0) is 36.4 Å². The summed E-state index contributed by atoms with van der Waals surface area (Å²) in [7, 11) is 0. The zero-order valence-corrected chi connectivity index (χ0v) is 20.2. The highest BCUT2D eigenvalue weighted by Gasteiger charge is 2.61. The molecule has 0 spiro atoms. The molecule has 7 rings (SSSR count). The number of para-hydroxylation sites is 4. The van der Waals surface area contributed by atoms with E-state index in [4.69, 9.17) is 9.97 Å². The number of anilines is 2. The first-order chi connectivity index (χ1) is 18.5. The van der Waals surface area contributed by atoms with Crippen LogP contribution in [0.15, 0.2) is 84.9 Å². The second kappa shape index (κ2) is 8.41. The van der Waals surface area contributed by atoms with Gasteiger partial charge in [0.05, 0.1) is 57.5 Å². The normalized spacial score (nSPS) is 24.7. The van der Waals surface area contributed by atoms with Crippen molar-refractivity contribution in [3.8, 4) is 0 Å². The fourth-order valence-electron chi connectivity index (χ4n) is 6.21. The number of carbonyl (C=O) groups excluding carboxylic acids is 4. The molecule has 2 saturated heterocycles. The monoisotopic (exact) mass is 502 g/mol. The van der Waals surface area contributed by atoms with E-state index in [0.717, 1.165) is 0 Å². The molecule has 1 aromatic heterocycles. The Kier molecular flexibility index (Phi) is 4.97. The molecule has 8 nitrogen and oxygen atoms in total. The van der Waals surface area contributed by atoms with Crippen molar-refractivity contribution in [1.82, 2.24) is 9.97 Å². The summed E-state index contributed by atoms with van der Waals surface area (Å²) in [4.78, 5) is 67.6. The van der Waals surface area contributed by atoms with Crippen molar-refractivity contribution in [3.05, 3.63) is 96.3 Å². The summed E-state index contributed by atoms with van der Waals surface area (Å²) in [6.07, 6.45) is 0.337. The SMILES string of the molecule is O=C1[C@@H]2[C@@H]3C(=O)N(c4ccccc4)C(=O)[C@@H]3Cc3nc4ccccc4nc3C[C@@H]2C(=O)N1c1ccccc1. The van der Waals surface area contributed by atoms with Crippen LogP contribution in [0.5, 0.6) is 0 Å². The Bertz CT molecular complexity index is 1520. The fourth-order valence-corrected chi connectivity index (χ4v) is 6.21. The van der Waals surface area contributed by atoms with E-state index in [2.05, 4.69) is 0 Å². The maximum Gasteiger partial charge on any atom is 0.238 e. The largest absolute Gasteiger partial charge is 0.274 e. The summed E-state index contributed by atoms with van der Waals surface area (Å²) in [6, 6.07) is 24.9. The number of fused-ring (bicyclic) bond motifs is 5. The van der Waals surface area contributed by atoms with E-state index in [1.165, 1.54) is 9.80 Å². The molecule has 0 saturated carbocycles. The van der Waals surface area contributed by atoms with Gasteiger partial charge in [0, 0.05) is 12.8 Å². The molecule has 3 aromatic carbocycles. The first kappa shape index (κ1) is 22.5. The molecule has 0 radical (unpaired) electrons. The third kappa shape index (κ3) is 3.23. The molecule has 0 bridgehead atoms. The van der Waals surface area contributed by atoms with Gasteiger partial charge in [-0.15, -0.1) is 0 Å². The minimum Gasteiger partial charge on any atom is -0.274 e. The topological polar surface area (TPSA) is 101 Å². The van der Waals surface area contributed by atoms with Gasteiger partial charge in [0.1, 0.15) is 0 Å². The van der Waals surface area contributed by atoms with Gasteiger partial charge in [0.15, 0.2) is 0 Å². The van der Waals surface area contributed by atoms with Crippen LogP contribution in [-0.4, -0.2) is 33.6 Å². The number of amides is 4. The van der Waals surface area contributed by atoms with Crippen molar-refractivity contribution in [2.45, 2.75) is 12.8 Å². The van der Waals surface area contributed by atoms with E-state index >= 15 is 0 Å². The van der Waals surface area contributed by atoms with Crippen molar-refractivity contribution in [2.24, 2.45) is 23.7 Å². The van der Waals surface area contributed by atoms with Crippen molar-refractivity contribution in [2.75, 3.05) is 9.80 Å². The average molecular weight is 503 g/mol. The number of benzene rings is 3. The number of hydrogen-bond acceptors (Lipinski definition) is 6. The molecule has 4 amide bonds. The lowest BCUT2D eigenvalue weighted by Gasteiger charge is -2.27. The summed E-state index contributed by atoms with van der Waals surface area (Å²) in [5.74, 6) is -5.28. The fraction of sp³-hybridized carbons (Fsp3) is 0.200. The molecular weight excluding hydrogens is 480 g/mol. The van der Waals surface area contributed by atoms with Crippen molar-refractivity contribution in [3.63, 3.8) is 0 Å². The van der Waals surface area contributed by atoms with Gasteiger partial charge in [-0.25, -0.2) is 9.97 Å². The van der Waals surface area contributed by atoms with Crippen LogP contribution in [0.25, 0.3) is 11.0 Å². The van der Waals surface area contributed by atoms with Crippen LogP contribution < -0.4 is 9.80 Å². The predicted molar refractivity (Wildman–Crippen MR) is 139 cm³/mol. The van der Waals surface area contributed by atoms with Crippen molar-refractivity contribution < 1.29 is 19.2 Å². The van der Waals surface area contributed by atoms with E-state index in [9.17, 15) is 19.2 Å². The number of nitrogens with zero attached hydrogens (tertiary/aromatic N) is 4.